The zero-order valence-electron chi connectivity index (χ0n) is 8.99. The lowest BCUT2D eigenvalue weighted by molar-refractivity contribution is -0.122. The number of carbonyl (C=O) groups is 1. The summed E-state index contributed by atoms with van der Waals surface area (Å²) in [5.74, 6) is 2.05. The van der Waals surface area contributed by atoms with Gasteiger partial charge >= 0.3 is 0 Å². The monoisotopic (exact) mass is 193 g/mol. The van der Waals surface area contributed by atoms with Crippen LogP contribution in [0.1, 0.15) is 33.1 Å². The minimum Gasteiger partial charge on any atom is -0.353 e. The van der Waals surface area contributed by atoms with Crippen LogP contribution in [-0.2, 0) is 4.79 Å². The molecule has 2 aliphatic rings. The Bertz CT molecular complexity index is 257. The van der Waals surface area contributed by atoms with Gasteiger partial charge in [-0.15, -0.1) is 0 Å². The lowest BCUT2D eigenvalue weighted by Gasteiger charge is -2.20. The van der Waals surface area contributed by atoms with Crippen LogP contribution in [-0.4, -0.2) is 11.9 Å². The van der Waals surface area contributed by atoms with Gasteiger partial charge in [-0.05, 0) is 30.6 Å². The van der Waals surface area contributed by atoms with Crippen molar-refractivity contribution < 1.29 is 4.79 Å². The first-order valence-corrected chi connectivity index (χ1v) is 5.63. The number of nitrogens with one attached hydrogen (secondary N) is 1. The molecule has 1 saturated carbocycles. The topological polar surface area (TPSA) is 29.1 Å². The molecule has 2 nitrogen and oxygen atoms in total. The summed E-state index contributed by atoms with van der Waals surface area (Å²) in [4.78, 5) is 11.6. The van der Waals surface area contributed by atoms with Gasteiger partial charge in [0.25, 0.3) is 0 Å². The summed E-state index contributed by atoms with van der Waals surface area (Å²) in [5, 5.41) is 3.15. The maximum atomic E-state index is 11.6. The number of fused-ring (bicyclic) bond motifs is 2. The van der Waals surface area contributed by atoms with Crippen LogP contribution in [0.2, 0.25) is 0 Å². The molecule has 1 fully saturated rings. The fraction of sp³-hybridized carbons (Fsp3) is 0.750. The highest BCUT2D eigenvalue weighted by molar-refractivity contribution is 5.76. The van der Waals surface area contributed by atoms with Crippen LogP contribution in [0.4, 0.5) is 0 Å². The van der Waals surface area contributed by atoms with Gasteiger partial charge in [0.15, 0.2) is 0 Å². The number of rotatable bonds is 3. The molecule has 2 rings (SSSR count). The molecule has 0 aromatic carbocycles. The third-order valence-electron chi connectivity index (χ3n) is 3.22. The summed E-state index contributed by atoms with van der Waals surface area (Å²) >= 11 is 0. The van der Waals surface area contributed by atoms with Crippen molar-refractivity contribution in [2.45, 2.75) is 39.2 Å². The molecule has 0 heterocycles. The van der Waals surface area contributed by atoms with Gasteiger partial charge in [-0.1, -0.05) is 26.0 Å². The molecule has 1 N–H and O–H groups in total. The molecule has 3 atom stereocenters. The van der Waals surface area contributed by atoms with E-state index in [1.165, 1.54) is 6.42 Å². The number of hydrogen-bond donors (Lipinski definition) is 1. The average molecular weight is 193 g/mol. The van der Waals surface area contributed by atoms with E-state index in [1.54, 1.807) is 0 Å². The van der Waals surface area contributed by atoms with Crippen molar-refractivity contribution >= 4 is 5.91 Å². The smallest absolute Gasteiger partial charge is 0.220 e. The van der Waals surface area contributed by atoms with E-state index in [-0.39, 0.29) is 5.91 Å². The predicted molar refractivity (Wildman–Crippen MR) is 56.7 cm³/mol. The lowest BCUT2D eigenvalue weighted by atomic mass is 10.0. The molecular formula is C12H19NO. The summed E-state index contributed by atoms with van der Waals surface area (Å²) in [6.45, 7) is 4.17. The summed E-state index contributed by atoms with van der Waals surface area (Å²) < 4.78 is 0. The first-order chi connectivity index (χ1) is 6.65. The molecule has 0 spiro atoms. The highest BCUT2D eigenvalue weighted by Gasteiger charge is 2.36. The highest BCUT2D eigenvalue weighted by Crippen LogP contribution is 2.38. The normalized spacial score (nSPS) is 34.1. The molecule has 0 saturated heterocycles. The van der Waals surface area contributed by atoms with Gasteiger partial charge in [0.2, 0.25) is 5.91 Å². The molecule has 2 heteroatoms. The lowest BCUT2D eigenvalue weighted by Crippen LogP contribution is -2.37. The highest BCUT2D eigenvalue weighted by atomic mass is 16.1. The Hall–Kier alpha value is -0.790. The van der Waals surface area contributed by atoms with Crippen LogP contribution in [0.15, 0.2) is 12.2 Å². The number of carbonyl (C=O) groups excluding carboxylic acids is 1. The van der Waals surface area contributed by atoms with Crippen molar-refractivity contribution in [3.8, 4) is 0 Å². The van der Waals surface area contributed by atoms with E-state index in [4.69, 9.17) is 0 Å². The molecule has 14 heavy (non-hydrogen) atoms. The molecule has 2 aliphatic carbocycles. The van der Waals surface area contributed by atoms with E-state index in [2.05, 4.69) is 31.3 Å². The minimum absolute atomic E-state index is 0.228. The average Bonchev–Trinajstić information content (AvgIpc) is 2.62. The molecule has 0 aromatic heterocycles. The molecular weight excluding hydrogens is 174 g/mol. The van der Waals surface area contributed by atoms with Crippen LogP contribution >= 0.6 is 0 Å². The van der Waals surface area contributed by atoms with Crippen molar-refractivity contribution in [3.05, 3.63) is 12.2 Å². The SMILES string of the molecule is CC(C)CC(=O)NC1CC2C=CC1C2. The van der Waals surface area contributed by atoms with E-state index in [1.807, 2.05) is 0 Å². The molecule has 1 amide bonds. The largest absolute Gasteiger partial charge is 0.353 e. The van der Waals surface area contributed by atoms with E-state index < -0.39 is 0 Å². The van der Waals surface area contributed by atoms with Gasteiger partial charge in [0, 0.05) is 12.5 Å². The molecule has 0 aliphatic heterocycles. The fourth-order valence-electron chi connectivity index (χ4n) is 2.58. The third-order valence-corrected chi connectivity index (χ3v) is 3.22. The summed E-state index contributed by atoms with van der Waals surface area (Å²) in [6, 6.07) is 0.427. The summed E-state index contributed by atoms with van der Waals surface area (Å²) in [7, 11) is 0. The van der Waals surface area contributed by atoms with Gasteiger partial charge in [-0.25, -0.2) is 0 Å². The third kappa shape index (κ3) is 1.99. The summed E-state index contributed by atoms with van der Waals surface area (Å²) in [6.07, 6.45) is 7.65. The second-order valence-electron chi connectivity index (χ2n) is 5.05. The zero-order valence-corrected chi connectivity index (χ0v) is 8.99. The minimum atomic E-state index is 0.228. The van der Waals surface area contributed by atoms with Gasteiger partial charge in [-0.2, -0.15) is 0 Å². The number of hydrogen-bond acceptors (Lipinski definition) is 1. The number of amides is 1. The Morgan fingerprint density at radius 3 is 2.71 bits per heavy atom. The van der Waals surface area contributed by atoms with Crippen LogP contribution in [0, 0.1) is 17.8 Å². The second kappa shape index (κ2) is 3.76. The summed E-state index contributed by atoms with van der Waals surface area (Å²) in [5.41, 5.74) is 0. The molecule has 78 valence electrons. The van der Waals surface area contributed by atoms with Crippen LogP contribution in [0.3, 0.4) is 0 Å². The predicted octanol–water partition coefficient (Wildman–Crippen LogP) is 2.11. The van der Waals surface area contributed by atoms with Crippen molar-refractivity contribution in [2.24, 2.45) is 17.8 Å². The number of allylic oxidation sites excluding steroid dienone is 1. The maximum Gasteiger partial charge on any atom is 0.220 e. The van der Waals surface area contributed by atoms with Gasteiger partial charge in [-0.3, -0.25) is 4.79 Å². The molecule has 0 aromatic rings. The Morgan fingerprint density at radius 2 is 2.21 bits per heavy atom. The Balaban J connectivity index is 1.81. The van der Waals surface area contributed by atoms with E-state index in [0.29, 0.717) is 24.3 Å². The van der Waals surface area contributed by atoms with Crippen molar-refractivity contribution in [1.29, 1.82) is 0 Å². The Morgan fingerprint density at radius 1 is 1.43 bits per heavy atom. The molecule has 3 unspecified atom stereocenters. The standard InChI is InChI=1S/C12H19NO/c1-8(2)5-12(14)13-11-7-9-3-4-10(11)6-9/h3-4,8-11H,5-7H2,1-2H3,(H,13,14). The molecule has 0 radical (unpaired) electrons. The van der Waals surface area contributed by atoms with E-state index in [9.17, 15) is 4.79 Å². The van der Waals surface area contributed by atoms with Crippen LogP contribution in [0.5, 0.6) is 0 Å². The van der Waals surface area contributed by atoms with Gasteiger partial charge in [0.1, 0.15) is 0 Å². The second-order valence-corrected chi connectivity index (χ2v) is 5.05. The maximum absolute atomic E-state index is 11.6. The Labute approximate surface area is 85.8 Å². The van der Waals surface area contributed by atoms with Gasteiger partial charge < -0.3 is 5.32 Å². The fourth-order valence-corrected chi connectivity index (χ4v) is 2.58. The first-order valence-electron chi connectivity index (χ1n) is 5.63. The zero-order chi connectivity index (χ0) is 10.1. The first kappa shape index (κ1) is 9.75. The van der Waals surface area contributed by atoms with Crippen molar-refractivity contribution in [2.75, 3.05) is 0 Å². The van der Waals surface area contributed by atoms with Gasteiger partial charge in [0.05, 0.1) is 0 Å². The quantitative estimate of drug-likeness (QED) is 0.683. The van der Waals surface area contributed by atoms with E-state index in [0.717, 1.165) is 12.3 Å². The van der Waals surface area contributed by atoms with Crippen molar-refractivity contribution in [3.63, 3.8) is 0 Å². The Kier molecular flexibility index (Phi) is 2.62. The van der Waals surface area contributed by atoms with Crippen LogP contribution in [0.25, 0.3) is 0 Å². The van der Waals surface area contributed by atoms with Crippen molar-refractivity contribution in [1.82, 2.24) is 5.32 Å². The van der Waals surface area contributed by atoms with E-state index >= 15 is 0 Å². The molecule has 2 bridgehead atoms. The van der Waals surface area contributed by atoms with Crippen LogP contribution < -0.4 is 5.32 Å².